The van der Waals surface area contributed by atoms with Crippen LogP contribution in [0.15, 0.2) is 84.9 Å². The molecule has 0 aromatic heterocycles. The molecule has 0 spiro atoms. The van der Waals surface area contributed by atoms with Crippen LogP contribution in [-0.2, 0) is 16.0 Å². The van der Waals surface area contributed by atoms with Crippen molar-refractivity contribution in [2.75, 3.05) is 0 Å². The zero-order chi connectivity index (χ0) is 22.2. The van der Waals surface area contributed by atoms with Gasteiger partial charge < -0.3 is 15.7 Å². The van der Waals surface area contributed by atoms with Crippen LogP contribution >= 0.6 is 0 Å². The topological polar surface area (TPSA) is 95.5 Å². The van der Waals surface area contributed by atoms with Crippen LogP contribution in [0.2, 0.25) is 0 Å². The van der Waals surface area contributed by atoms with Crippen molar-refractivity contribution in [3.05, 3.63) is 96.1 Å². The van der Waals surface area contributed by atoms with Crippen LogP contribution in [0.3, 0.4) is 0 Å². The molecule has 158 valence electrons. The standard InChI is InChI=1S/C25H24N2O4/c1-17(25(30)31)26-24(29)22(16-18-8-4-2-5-9-18)27-23(28)21-14-12-20(13-15-21)19-10-6-3-7-11-19/h2-15,17,22H,16H2,1H3,(H,26,29)(H,27,28)(H,30,31). The number of carboxylic acids is 1. The molecule has 2 unspecified atom stereocenters. The van der Waals surface area contributed by atoms with Gasteiger partial charge in [-0.05, 0) is 35.7 Å². The van der Waals surface area contributed by atoms with Gasteiger partial charge in [-0.15, -0.1) is 0 Å². The van der Waals surface area contributed by atoms with Crippen LogP contribution in [0, 0.1) is 0 Å². The van der Waals surface area contributed by atoms with E-state index in [9.17, 15) is 14.4 Å². The van der Waals surface area contributed by atoms with Gasteiger partial charge in [-0.2, -0.15) is 0 Å². The SMILES string of the molecule is CC(NC(=O)C(Cc1ccccc1)NC(=O)c1ccc(-c2ccccc2)cc1)C(=O)O. The van der Waals surface area contributed by atoms with Gasteiger partial charge in [-0.3, -0.25) is 14.4 Å². The molecule has 0 aliphatic rings. The van der Waals surface area contributed by atoms with E-state index in [4.69, 9.17) is 5.11 Å². The second-order valence-electron chi connectivity index (χ2n) is 7.23. The van der Waals surface area contributed by atoms with Gasteiger partial charge in [0.15, 0.2) is 0 Å². The van der Waals surface area contributed by atoms with E-state index in [2.05, 4.69) is 10.6 Å². The van der Waals surface area contributed by atoms with E-state index in [1.54, 1.807) is 12.1 Å². The van der Waals surface area contributed by atoms with E-state index in [1.165, 1.54) is 6.92 Å². The first-order valence-electron chi connectivity index (χ1n) is 9.97. The number of aliphatic carboxylic acids is 1. The summed E-state index contributed by atoms with van der Waals surface area (Å²) in [5.41, 5.74) is 3.28. The minimum absolute atomic E-state index is 0.243. The Morgan fingerprint density at radius 1 is 0.774 bits per heavy atom. The van der Waals surface area contributed by atoms with Gasteiger partial charge in [-0.25, -0.2) is 0 Å². The highest BCUT2D eigenvalue weighted by Gasteiger charge is 2.25. The Labute approximate surface area is 180 Å². The lowest BCUT2D eigenvalue weighted by Gasteiger charge is -2.20. The quantitative estimate of drug-likeness (QED) is 0.525. The molecule has 2 amide bonds. The maximum Gasteiger partial charge on any atom is 0.325 e. The van der Waals surface area contributed by atoms with E-state index < -0.39 is 29.9 Å². The first kappa shape index (κ1) is 21.8. The molecule has 3 rings (SSSR count). The van der Waals surface area contributed by atoms with Gasteiger partial charge in [-0.1, -0.05) is 72.8 Å². The van der Waals surface area contributed by atoms with Gasteiger partial charge in [0.05, 0.1) is 0 Å². The third kappa shape index (κ3) is 6.02. The molecule has 3 N–H and O–H groups in total. The van der Waals surface area contributed by atoms with Crippen molar-refractivity contribution >= 4 is 17.8 Å². The lowest BCUT2D eigenvalue weighted by molar-refractivity contribution is -0.141. The number of nitrogens with one attached hydrogen (secondary N) is 2. The molecule has 2 atom stereocenters. The molecule has 0 aliphatic carbocycles. The second kappa shape index (κ2) is 10.2. The molecular formula is C25H24N2O4. The Morgan fingerprint density at radius 2 is 1.32 bits per heavy atom. The molecule has 0 heterocycles. The summed E-state index contributed by atoms with van der Waals surface area (Å²) in [6.07, 6.45) is 0.243. The molecule has 0 saturated heterocycles. The third-order valence-corrected chi connectivity index (χ3v) is 4.89. The molecule has 6 heteroatoms. The van der Waals surface area contributed by atoms with Crippen LogP contribution in [0.25, 0.3) is 11.1 Å². The number of hydrogen-bond acceptors (Lipinski definition) is 3. The highest BCUT2D eigenvalue weighted by molar-refractivity contribution is 5.98. The predicted molar refractivity (Wildman–Crippen MR) is 119 cm³/mol. The highest BCUT2D eigenvalue weighted by Crippen LogP contribution is 2.19. The Morgan fingerprint density at radius 3 is 1.90 bits per heavy atom. The largest absolute Gasteiger partial charge is 0.480 e. The molecule has 0 radical (unpaired) electrons. The second-order valence-corrected chi connectivity index (χ2v) is 7.23. The Kier molecular flexibility index (Phi) is 7.17. The highest BCUT2D eigenvalue weighted by atomic mass is 16.4. The zero-order valence-electron chi connectivity index (χ0n) is 17.1. The van der Waals surface area contributed by atoms with Crippen LogP contribution in [0.5, 0.6) is 0 Å². The number of hydrogen-bond donors (Lipinski definition) is 3. The average molecular weight is 416 g/mol. The summed E-state index contributed by atoms with van der Waals surface area (Å²) in [7, 11) is 0. The van der Waals surface area contributed by atoms with Crippen molar-refractivity contribution in [2.45, 2.75) is 25.4 Å². The molecule has 0 fully saturated rings. The lowest BCUT2D eigenvalue weighted by Crippen LogP contribution is -2.51. The fourth-order valence-corrected chi connectivity index (χ4v) is 3.12. The minimum Gasteiger partial charge on any atom is -0.480 e. The van der Waals surface area contributed by atoms with E-state index in [0.717, 1.165) is 16.7 Å². The van der Waals surface area contributed by atoms with E-state index in [-0.39, 0.29) is 6.42 Å². The smallest absolute Gasteiger partial charge is 0.325 e. The number of benzene rings is 3. The molecular weight excluding hydrogens is 392 g/mol. The molecule has 0 saturated carbocycles. The van der Waals surface area contributed by atoms with Crippen molar-refractivity contribution < 1.29 is 19.5 Å². The summed E-state index contributed by atoms with van der Waals surface area (Å²) in [6.45, 7) is 1.38. The number of carbonyl (C=O) groups excluding carboxylic acids is 2. The molecule has 6 nitrogen and oxygen atoms in total. The Bertz CT molecular complexity index is 1030. The summed E-state index contributed by atoms with van der Waals surface area (Å²) in [6, 6.07) is 24.2. The van der Waals surface area contributed by atoms with Gasteiger partial charge in [0.25, 0.3) is 5.91 Å². The van der Waals surface area contributed by atoms with Crippen LogP contribution in [-0.4, -0.2) is 35.0 Å². The van der Waals surface area contributed by atoms with Crippen LogP contribution in [0.4, 0.5) is 0 Å². The number of carboxylic acid groups (broad SMARTS) is 1. The normalized spacial score (nSPS) is 12.4. The predicted octanol–water partition coefficient (Wildman–Crippen LogP) is 3.28. The first-order chi connectivity index (χ1) is 14.9. The molecule has 31 heavy (non-hydrogen) atoms. The minimum atomic E-state index is -1.14. The lowest BCUT2D eigenvalue weighted by atomic mass is 10.0. The van der Waals surface area contributed by atoms with E-state index in [1.807, 2.05) is 72.8 Å². The molecule has 0 bridgehead atoms. The first-order valence-corrected chi connectivity index (χ1v) is 9.97. The van der Waals surface area contributed by atoms with Crippen molar-refractivity contribution in [3.8, 4) is 11.1 Å². The van der Waals surface area contributed by atoms with Crippen molar-refractivity contribution in [1.82, 2.24) is 10.6 Å². The third-order valence-electron chi connectivity index (χ3n) is 4.89. The van der Waals surface area contributed by atoms with Gasteiger partial charge in [0.2, 0.25) is 5.91 Å². The van der Waals surface area contributed by atoms with Gasteiger partial charge >= 0.3 is 5.97 Å². The monoisotopic (exact) mass is 416 g/mol. The van der Waals surface area contributed by atoms with Gasteiger partial charge in [0.1, 0.15) is 12.1 Å². The van der Waals surface area contributed by atoms with Crippen LogP contribution < -0.4 is 10.6 Å². The molecule has 0 aliphatic heterocycles. The van der Waals surface area contributed by atoms with E-state index in [0.29, 0.717) is 5.56 Å². The number of carbonyl (C=O) groups is 3. The van der Waals surface area contributed by atoms with Crippen molar-refractivity contribution in [2.24, 2.45) is 0 Å². The Hall–Kier alpha value is -3.93. The summed E-state index contributed by atoms with van der Waals surface area (Å²) in [5, 5.41) is 14.3. The fraction of sp³-hybridized carbons (Fsp3) is 0.160. The summed E-state index contributed by atoms with van der Waals surface area (Å²) < 4.78 is 0. The average Bonchev–Trinajstić information content (AvgIpc) is 2.79. The zero-order valence-corrected chi connectivity index (χ0v) is 17.1. The summed E-state index contributed by atoms with van der Waals surface area (Å²) in [5.74, 6) is -2.10. The van der Waals surface area contributed by atoms with Crippen molar-refractivity contribution in [1.29, 1.82) is 0 Å². The number of amides is 2. The van der Waals surface area contributed by atoms with E-state index >= 15 is 0 Å². The maximum atomic E-state index is 12.8. The van der Waals surface area contributed by atoms with Crippen molar-refractivity contribution in [3.63, 3.8) is 0 Å². The maximum absolute atomic E-state index is 12.8. The van der Waals surface area contributed by atoms with Crippen LogP contribution in [0.1, 0.15) is 22.8 Å². The molecule has 3 aromatic rings. The summed E-state index contributed by atoms with van der Waals surface area (Å²) in [4.78, 5) is 36.6. The molecule has 3 aromatic carbocycles. The summed E-state index contributed by atoms with van der Waals surface area (Å²) >= 11 is 0. The fourth-order valence-electron chi connectivity index (χ4n) is 3.12. The number of rotatable bonds is 8. The van der Waals surface area contributed by atoms with Gasteiger partial charge in [0, 0.05) is 12.0 Å². The Balaban J connectivity index is 1.75.